The van der Waals surface area contributed by atoms with E-state index in [-0.39, 0.29) is 5.56 Å². The van der Waals surface area contributed by atoms with E-state index in [1.807, 2.05) is 18.2 Å². The van der Waals surface area contributed by atoms with E-state index >= 15 is 0 Å². The number of rotatable bonds is 2. The maximum absolute atomic E-state index is 12.6. The van der Waals surface area contributed by atoms with Crippen LogP contribution < -0.4 is 15.8 Å². The Labute approximate surface area is 157 Å². The smallest absolute Gasteiger partial charge is 0.255 e. The number of anilines is 1. The molecule has 140 valence electrons. The van der Waals surface area contributed by atoms with Gasteiger partial charge in [0.2, 0.25) is 5.95 Å². The predicted octanol–water partition coefficient (Wildman–Crippen LogP) is 1.72. The third-order valence-electron chi connectivity index (χ3n) is 5.69. The van der Waals surface area contributed by atoms with Gasteiger partial charge in [-0.15, -0.1) is 0 Å². The number of aromatic amines is 2. The van der Waals surface area contributed by atoms with Crippen LogP contribution in [0, 0.1) is 0 Å². The first-order chi connectivity index (χ1) is 13.3. The van der Waals surface area contributed by atoms with Gasteiger partial charge in [0.05, 0.1) is 16.7 Å². The molecule has 0 aliphatic carbocycles. The zero-order valence-corrected chi connectivity index (χ0v) is 15.3. The van der Waals surface area contributed by atoms with E-state index < -0.39 is 0 Å². The lowest BCUT2D eigenvalue weighted by atomic mass is 9.97. The van der Waals surface area contributed by atoms with Gasteiger partial charge in [-0.25, -0.2) is 9.97 Å². The minimum absolute atomic E-state index is 0.0181. The number of piperidine rings is 1. The molecule has 27 heavy (non-hydrogen) atoms. The summed E-state index contributed by atoms with van der Waals surface area (Å²) in [5, 5.41) is 3.34. The molecule has 0 amide bonds. The van der Waals surface area contributed by atoms with Crippen molar-refractivity contribution in [2.24, 2.45) is 0 Å². The monoisotopic (exact) mass is 364 g/mol. The van der Waals surface area contributed by atoms with Crippen LogP contribution in [0.3, 0.4) is 0 Å². The number of fused-ring (bicyclic) bond motifs is 2. The van der Waals surface area contributed by atoms with Gasteiger partial charge in [0.15, 0.2) is 0 Å². The Morgan fingerprint density at radius 3 is 2.89 bits per heavy atom. The van der Waals surface area contributed by atoms with E-state index in [1.54, 1.807) is 0 Å². The number of aromatic nitrogens is 4. The van der Waals surface area contributed by atoms with Crippen molar-refractivity contribution in [3.63, 3.8) is 0 Å². The fourth-order valence-electron chi connectivity index (χ4n) is 4.25. The molecule has 1 unspecified atom stereocenters. The molecule has 0 bridgehead atoms. The molecule has 4 heterocycles. The highest BCUT2D eigenvalue weighted by molar-refractivity contribution is 5.74. The zero-order chi connectivity index (χ0) is 18.2. The second-order valence-electron chi connectivity index (χ2n) is 7.49. The van der Waals surface area contributed by atoms with Crippen LogP contribution in [-0.2, 0) is 12.8 Å². The molecule has 3 aromatic rings. The van der Waals surface area contributed by atoms with Gasteiger partial charge in [-0.3, -0.25) is 9.78 Å². The molecule has 0 radical (unpaired) electrons. The summed E-state index contributed by atoms with van der Waals surface area (Å²) in [6.45, 7) is 3.45. The first-order valence-electron chi connectivity index (χ1n) is 9.80. The van der Waals surface area contributed by atoms with Crippen molar-refractivity contribution >= 4 is 17.0 Å². The first-order valence-corrected chi connectivity index (χ1v) is 9.80. The Morgan fingerprint density at radius 1 is 1.07 bits per heavy atom. The Kier molecular flexibility index (Phi) is 4.16. The summed E-state index contributed by atoms with van der Waals surface area (Å²) >= 11 is 0. The first kappa shape index (κ1) is 16.5. The van der Waals surface area contributed by atoms with E-state index in [0.717, 1.165) is 80.0 Å². The molecule has 5 rings (SSSR count). The van der Waals surface area contributed by atoms with Crippen molar-refractivity contribution in [2.45, 2.75) is 31.6 Å². The number of hydrogen-bond acceptors (Lipinski definition) is 5. The number of para-hydroxylation sites is 2. The number of H-pyrrole nitrogens is 2. The molecular formula is C20H24N6O. The second-order valence-corrected chi connectivity index (χ2v) is 7.49. The summed E-state index contributed by atoms with van der Waals surface area (Å²) in [6.07, 6.45) is 3.71. The van der Waals surface area contributed by atoms with Gasteiger partial charge in [-0.1, -0.05) is 12.1 Å². The number of nitrogens with one attached hydrogen (secondary N) is 3. The van der Waals surface area contributed by atoms with Crippen LogP contribution >= 0.6 is 0 Å². The summed E-state index contributed by atoms with van der Waals surface area (Å²) in [6, 6.07) is 8.14. The van der Waals surface area contributed by atoms with Gasteiger partial charge >= 0.3 is 0 Å². The van der Waals surface area contributed by atoms with Crippen molar-refractivity contribution in [3.8, 4) is 0 Å². The van der Waals surface area contributed by atoms with Crippen molar-refractivity contribution in [1.82, 2.24) is 25.3 Å². The van der Waals surface area contributed by atoms with Crippen LogP contribution in [0.25, 0.3) is 11.0 Å². The SMILES string of the molecule is O=c1[nH]c(N2CCCC(c3nc4ccccc4[nH]3)C2)nc2c1CCNCC2. The highest BCUT2D eigenvalue weighted by Crippen LogP contribution is 2.28. The average molecular weight is 364 g/mol. The minimum Gasteiger partial charge on any atom is -0.342 e. The van der Waals surface area contributed by atoms with E-state index in [4.69, 9.17) is 9.97 Å². The maximum atomic E-state index is 12.6. The van der Waals surface area contributed by atoms with E-state index in [9.17, 15) is 4.79 Å². The van der Waals surface area contributed by atoms with Crippen molar-refractivity contribution < 1.29 is 0 Å². The van der Waals surface area contributed by atoms with Crippen LogP contribution in [0.5, 0.6) is 0 Å². The molecular weight excluding hydrogens is 340 g/mol. The van der Waals surface area contributed by atoms with Crippen molar-refractivity contribution in [2.75, 3.05) is 31.1 Å². The van der Waals surface area contributed by atoms with E-state index in [1.165, 1.54) is 0 Å². The molecule has 2 aliphatic heterocycles. The molecule has 7 nitrogen and oxygen atoms in total. The highest BCUT2D eigenvalue weighted by Gasteiger charge is 2.26. The third-order valence-corrected chi connectivity index (χ3v) is 5.69. The lowest BCUT2D eigenvalue weighted by Gasteiger charge is -2.32. The fourth-order valence-corrected chi connectivity index (χ4v) is 4.25. The molecule has 0 saturated carbocycles. The van der Waals surface area contributed by atoms with Crippen LogP contribution in [0.4, 0.5) is 5.95 Å². The summed E-state index contributed by atoms with van der Waals surface area (Å²) in [7, 11) is 0. The van der Waals surface area contributed by atoms with Crippen LogP contribution in [-0.4, -0.2) is 46.1 Å². The molecule has 1 saturated heterocycles. The summed E-state index contributed by atoms with van der Waals surface area (Å²) < 4.78 is 0. The Hall–Kier alpha value is -2.67. The number of benzene rings is 1. The van der Waals surface area contributed by atoms with Crippen molar-refractivity contribution in [3.05, 3.63) is 51.7 Å². The van der Waals surface area contributed by atoms with Gasteiger partial charge in [-0.05, 0) is 37.9 Å². The zero-order valence-electron chi connectivity index (χ0n) is 15.3. The quantitative estimate of drug-likeness (QED) is 0.644. The normalized spacial score (nSPS) is 20.4. The van der Waals surface area contributed by atoms with Gasteiger partial charge < -0.3 is 15.2 Å². The predicted molar refractivity (Wildman–Crippen MR) is 105 cm³/mol. The van der Waals surface area contributed by atoms with Gasteiger partial charge in [0.1, 0.15) is 5.82 Å². The minimum atomic E-state index is 0.0181. The molecule has 0 spiro atoms. The standard InChI is InChI=1S/C20H24N6O/c27-19-14-7-9-21-10-8-15(14)24-20(25-19)26-11-3-4-13(12-26)18-22-16-5-1-2-6-17(16)23-18/h1-2,5-6,13,21H,3-4,7-12H2,(H,22,23)(H,24,25,27). The van der Waals surface area contributed by atoms with Crippen molar-refractivity contribution in [1.29, 1.82) is 0 Å². The van der Waals surface area contributed by atoms with E-state index in [0.29, 0.717) is 11.9 Å². The maximum Gasteiger partial charge on any atom is 0.255 e. The summed E-state index contributed by atoms with van der Waals surface area (Å²) in [5.74, 6) is 2.06. The fraction of sp³-hybridized carbons (Fsp3) is 0.450. The van der Waals surface area contributed by atoms with Gasteiger partial charge in [0, 0.05) is 37.5 Å². The highest BCUT2D eigenvalue weighted by atomic mass is 16.1. The molecule has 3 N–H and O–H groups in total. The summed E-state index contributed by atoms with van der Waals surface area (Å²) in [4.78, 5) is 30.9. The van der Waals surface area contributed by atoms with Gasteiger partial charge in [-0.2, -0.15) is 0 Å². The second kappa shape index (κ2) is 6.81. The number of nitrogens with zero attached hydrogens (tertiary/aromatic N) is 3. The number of imidazole rings is 1. The molecule has 1 aromatic carbocycles. The molecule has 1 fully saturated rings. The van der Waals surface area contributed by atoms with Crippen LogP contribution in [0.1, 0.15) is 35.8 Å². The lowest BCUT2D eigenvalue weighted by molar-refractivity contribution is 0.488. The van der Waals surface area contributed by atoms with E-state index in [2.05, 4.69) is 26.3 Å². The molecule has 2 aliphatic rings. The lowest BCUT2D eigenvalue weighted by Crippen LogP contribution is -2.37. The third kappa shape index (κ3) is 3.12. The Balaban J connectivity index is 1.43. The Morgan fingerprint density at radius 2 is 1.96 bits per heavy atom. The Bertz CT molecular complexity index is 990. The van der Waals surface area contributed by atoms with Gasteiger partial charge in [0.25, 0.3) is 5.56 Å². The largest absolute Gasteiger partial charge is 0.342 e. The number of hydrogen-bond donors (Lipinski definition) is 3. The van der Waals surface area contributed by atoms with Crippen LogP contribution in [0.2, 0.25) is 0 Å². The van der Waals surface area contributed by atoms with Crippen LogP contribution in [0.15, 0.2) is 29.1 Å². The molecule has 7 heteroatoms. The molecule has 2 aromatic heterocycles. The molecule has 1 atom stereocenters. The topological polar surface area (TPSA) is 89.7 Å². The average Bonchev–Trinajstić information content (AvgIpc) is 2.99. The summed E-state index contributed by atoms with van der Waals surface area (Å²) in [5.41, 5.74) is 3.89.